The van der Waals surface area contributed by atoms with Crippen LogP contribution in [0.25, 0.3) is 0 Å². The number of anilines is 1. The predicted octanol–water partition coefficient (Wildman–Crippen LogP) is 3.02. The smallest absolute Gasteiger partial charge is 0.251 e. The molecule has 130 valence electrons. The largest absolute Gasteiger partial charge is 0.496 e. The SMILES string of the molecule is COc1ccccc1CCNC(=O)c1ccc(NC(=O)C2CC2)cc1. The molecule has 0 unspecified atom stereocenters. The molecule has 2 aromatic rings. The molecule has 0 aromatic heterocycles. The van der Waals surface area contributed by atoms with E-state index in [-0.39, 0.29) is 17.7 Å². The fourth-order valence-corrected chi connectivity index (χ4v) is 2.62. The van der Waals surface area contributed by atoms with Crippen LogP contribution in [-0.4, -0.2) is 25.5 Å². The van der Waals surface area contributed by atoms with Crippen molar-refractivity contribution in [1.82, 2.24) is 5.32 Å². The van der Waals surface area contributed by atoms with Gasteiger partial charge < -0.3 is 15.4 Å². The van der Waals surface area contributed by atoms with Gasteiger partial charge in [-0.1, -0.05) is 18.2 Å². The highest BCUT2D eigenvalue weighted by Gasteiger charge is 2.29. The van der Waals surface area contributed by atoms with Crippen LogP contribution >= 0.6 is 0 Å². The molecule has 1 saturated carbocycles. The Balaban J connectivity index is 1.50. The lowest BCUT2D eigenvalue weighted by molar-refractivity contribution is -0.117. The first-order chi connectivity index (χ1) is 12.2. The second-order valence-electron chi connectivity index (χ2n) is 6.16. The Morgan fingerprint density at radius 2 is 1.80 bits per heavy atom. The second-order valence-corrected chi connectivity index (χ2v) is 6.16. The zero-order valence-corrected chi connectivity index (χ0v) is 14.2. The Hall–Kier alpha value is -2.82. The number of carbonyl (C=O) groups excluding carboxylic acids is 2. The van der Waals surface area contributed by atoms with Gasteiger partial charge >= 0.3 is 0 Å². The number of amides is 2. The molecule has 1 aliphatic rings. The van der Waals surface area contributed by atoms with Crippen molar-refractivity contribution in [2.24, 2.45) is 5.92 Å². The molecule has 0 atom stereocenters. The van der Waals surface area contributed by atoms with E-state index in [0.717, 1.165) is 29.8 Å². The van der Waals surface area contributed by atoms with Crippen molar-refractivity contribution in [3.05, 3.63) is 59.7 Å². The van der Waals surface area contributed by atoms with E-state index in [9.17, 15) is 9.59 Å². The van der Waals surface area contributed by atoms with E-state index >= 15 is 0 Å². The number of methoxy groups -OCH3 is 1. The summed E-state index contributed by atoms with van der Waals surface area (Å²) < 4.78 is 5.31. The molecule has 1 fully saturated rings. The number of carbonyl (C=O) groups is 2. The van der Waals surface area contributed by atoms with Gasteiger partial charge in [0.25, 0.3) is 5.91 Å². The topological polar surface area (TPSA) is 67.4 Å². The van der Waals surface area contributed by atoms with Crippen LogP contribution in [0.1, 0.15) is 28.8 Å². The third-order valence-corrected chi connectivity index (χ3v) is 4.24. The van der Waals surface area contributed by atoms with Crippen molar-refractivity contribution in [2.75, 3.05) is 19.0 Å². The molecule has 0 heterocycles. The molecule has 2 aromatic carbocycles. The summed E-state index contributed by atoms with van der Waals surface area (Å²) in [4.78, 5) is 23.9. The van der Waals surface area contributed by atoms with Crippen LogP contribution in [0.2, 0.25) is 0 Å². The monoisotopic (exact) mass is 338 g/mol. The molecule has 5 nitrogen and oxygen atoms in total. The van der Waals surface area contributed by atoms with Crippen molar-refractivity contribution < 1.29 is 14.3 Å². The maximum absolute atomic E-state index is 12.2. The number of para-hydroxylation sites is 1. The van der Waals surface area contributed by atoms with Crippen LogP contribution in [0.15, 0.2) is 48.5 Å². The van der Waals surface area contributed by atoms with Gasteiger partial charge in [0, 0.05) is 23.7 Å². The summed E-state index contributed by atoms with van der Waals surface area (Å²) >= 11 is 0. The normalized spacial score (nSPS) is 13.2. The van der Waals surface area contributed by atoms with Crippen molar-refractivity contribution in [3.63, 3.8) is 0 Å². The van der Waals surface area contributed by atoms with Gasteiger partial charge in [0.1, 0.15) is 5.75 Å². The minimum absolute atomic E-state index is 0.0639. The van der Waals surface area contributed by atoms with Crippen molar-refractivity contribution in [1.29, 1.82) is 0 Å². The number of benzene rings is 2. The van der Waals surface area contributed by atoms with Crippen molar-refractivity contribution in [2.45, 2.75) is 19.3 Å². The molecule has 3 rings (SSSR count). The van der Waals surface area contributed by atoms with Gasteiger partial charge in [-0.25, -0.2) is 0 Å². The molecule has 5 heteroatoms. The van der Waals surface area contributed by atoms with E-state index in [0.29, 0.717) is 18.5 Å². The average Bonchev–Trinajstić information content (AvgIpc) is 3.48. The quantitative estimate of drug-likeness (QED) is 0.815. The second kappa shape index (κ2) is 7.83. The molecule has 0 saturated heterocycles. The summed E-state index contributed by atoms with van der Waals surface area (Å²) in [7, 11) is 1.64. The molecular formula is C20H22N2O3. The van der Waals surface area contributed by atoms with Crippen molar-refractivity contribution >= 4 is 17.5 Å². The van der Waals surface area contributed by atoms with Gasteiger partial charge in [-0.3, -0.25) is 9.59 Å². The first kappa shape index (κ1) is 17.0. The number of hydrogen-bond donors (Lipinski definition) is 2. The highest BCUT2D eigenvalue weighted by Crippen LogP contribution is 2.30. The summed E-state index contributed by atoms with van der Waals surface area (Å²) in [6, 6.07) is 14.7. The molecule has 0 bridgehead atoms. The van der Waals surface area contributed by atoms with Crippen LogP contribution in [0.5, 0.6) is 5.75 Å². The number of ether oxygens (including phenoxy) is 1. The minimum Gasteiger partial charge on any atom is -0.496 e. The van der Waals surface area contributed by atoms with Gasteiger partial charge in [-0.05, 0) is 55.2 Å². The van der Waals surface area contributed by atoms with Crippen LogP contribution in [0.4, 0.5) is 5.69 Å². The van der Waals surface area contributed by atoms with E-state index in [1.165, 1.54) is 0 Å². The van der Waals surface area contributed by atoms with Gasteiger partial charge in [0.15, 0.2) is 0 Å². The fourth-order valence-electron chi connectivity index (χ4n) is 2.62. The Kier molecular flexibility index (Phi) is 5.33. The highest BCUT2D eigenvalue weighted by molar-refractivity contribution is 5.96. The first-order valence-electron chi connectivity index (χ1n) is 8.48. The lowest BCUT2D eigenvalue weighted by Crippen LogP contribution is -2.25. The lowest BCUT2D eigenvalue weighted by atomic mass is 10.1. The van der Waals surface area contributed by atoms with Crippen LogP contribution in [-0.2, 0) is 11.2 Å². The molecule has 2 N–H and O–H groups in total. The number of nitrogens with one attached hydrogen (secondary N) is 2. The van der Waals surface area contributed by atoms with E-state index in [4.69, 9.17) is 4.74 Å². The Bertz CT molecular complexity index is 752. The minimum atomic E-state index is -0.130. The molecule has 2 amide bonds. The van der Waals surface area contributed by atoms with E-state index < -0.39 is 0 Å². The third kappa shape index (κ3) is 4.59. The zero-order chi connectivity index (χ0) is 17.6. The number of hydrogen-bond acceptors (Lipinski definition) is 3. The summed E-state index contributed by atoms with van der Waals surface area (Å²) in [5, 5.41) is 5.77. The number of rotatable bonds is 7. The molecule has 25 heavy (non-hydrogen) atoms. The fraction of sp³-hybridized carbons (Fsp3) is 0.300. The van der Waals surface area contributed by atoms with Gasteiger partial charge in [0.05, 0.1) is 7.11 Å². The average molecular weight is 338 g/mol. The Labute approximate surface area is 147 Å². The molecule has 0 aliphatic heterocycles. The Morgan fingerprint density at radius 1 is 1.08 bits per heavy atom. The maximum atomic E-state index is 12.2. The van der Waals surface area contributed by atoms with E-state index in [1.807, 2.05) is 24.3 Å². The molecule has 1 aliphatic carbocycles. The van der Waals surface area contributed by atoms with Crippen molar-refractivity contribution in [3.8, 4) is 5.75 Å². The van der Waals surface area contributed by atoms with Gasteiger partial charge in [0.2, 0.25) is 5.91 Å². The molecule has 0 radical (unpaired) electrons. The standard InChI is InChI=1S/C20H22N2O3/c1-25-18-5-3-2-4-14(18)12-13-21-19(23)15-8-10-17(11-9-15)22-20(24)16-6-7-16/h2-5,8-11,16H,6-7,12-13H2,1H3,(H,21,23)(H,22,24). The summed E-state index contributed by atoms with van der Waals surface area (Å²) in [6.45, 7) is 0.527. The lowest BCUT2D eigenvalue weighted by Gasteiger charge is -2.09. The van der Waals surface area contributed by atoms with E-state index in [2.05, 4.69) is 10.6 Å². The summed E-state index contributed by atoms with van der Waals surface area (Å²) in [6.07, 6.45) is 2.64. The first-order valence-corrected chi connectivity index (χ1v) is 8.48. The van der Waals surface area contributed by atoms with Crippen LogP contribution < -0.4 is 15.4 Å². The summed E-state index contributed by atoms with van der Waals surface area (Å²) in [5.41, 5.74) is 2.36. The maximum Gasteiger partial charge on any atom is 0.251 e. The molecular weight excluding hydrogens is 316 g/mol. The van der Waals surface area contributed by atoms with Crippen LogP contribution in [0, 0.1) is 5.92 Å². The van der Waals surface area contributed by atoms with Gasteiger partial charge in [-0.2, -0.15) is 0 Å². The predicted molar refractivity (Wildman–Crippen MR) is 96.8 cm³/mol. The highest BCUT2D eigenvalue weighted by atomic mass is 16.5. The Morgan fingerprint density at radius 3 is 2.48 bits per heavy atom. The van der Waals surface area contributed by atoms with Crippen LogP contribution in [0.3, 0.4) is 0 Å². The molecule has 0 spiro atoms. The summed E-state index contributed by atoms with van der Waals surface area (Å²) in [5.74, 6) is 0.925. The zero-order valence-electron chi connectivity index (χ0n) is 14.2. The van der Waals surface area contributed by atoms with E-state index in [1.54, 1.807) is 31.4 Å². The third-order valence-electron chi connectivity index (χ3n) is 4.24. The van der Waals surface area contributed by atoms with Gasteiger partial charge in [-0.15, -0.1) is 0 Å².